The Morgan fingerprint density at radius 1 is 1.50 bits per heavy atom. The van der Waals surface area contributed by atoms with Crippen LogP contribution in [0.5, 0.6) is 0 Å². The number of nitriles is 1. The van der Waals surface area contributed by atoms with E-state index in [0.29, 0.717) is 11.3 Å². The van der Waals surface area contributed by atoms with Gasteiger partial charge in [0, 0.05) is 5.56 Å². The van der Waals surface area contributed by atoms with Crippen LogP contribution < -0.4 is 11.2 Å². The minimum absolute atomic E-state index is 0.585. The van der Waals surface area contributed by atoms with Gasteiger partial charge in [0.1, 0.15) is 0 Å². The lowest BCUT2D eigenvalue weighted by Crippen LogP contribution is -2.32. The highest BCUT2D eigenvalue weighted by Gasteiger charge is 2.20. The number of fused-ring (bicyclic) bond motifs is 1. The summed E-state index contributed by atoms with van der Waals surface area (Å²) in [4.78, 5) is 5.11. The van der Waals surface area contributed by atoms with Crippen molar-refractivity contribution in [2.24, 2.45) is 5.73 Å². The lowest BCUT2D eigenvalue weighted by molar-refractivity contribution is -0.0782. The van der Waals surface area contributed by atoms with Crippen LogP contribution in [0.4, 0.5) is 5.69 Å². The van der Waals surface area contributed by atoms with Gasteiger partial charge >= 0.3 is 0 Å². The summed E-state index contributed by atoms with van der Waals surface area (Å²) in [5.74, 6) is 0. The van der Waals surface area contributed by atoms with Gasteiger partial charge in [-0.3, -0.25) is 10.3 Å². The maximum absolute atomic E-state index is 8.83. The van der Waals surface area contributed by atoms with Crippen molar-refractivity contribution in [2.45, 2.75) is 6.92 Å². The molecule has 0 fully saturated rings. The van der Waals surface area contributed by atoms with E-state index in [9.17, 15) is 0 Å². The monoisotopic (exact) mass is 216 g/mol. The first-order valence-corrected chi connectivity index (χ1v) is 4.79. The lowest BCUT2D eigenvalue weighted by Gasteiger charge is -2.30. The smallest absolute Gasteiger partial charge is 0.0991 e. The van der Waals surface area contributed by atoms with Crippen molar-refractivity contribution in [1.82, 2.24) is 5.17 Å². The van der Waals surface area contributed by atoms with Crippen LogP contribution in [0, 0.1) is 11.3 Å². The average Bonchev–Trinajstić information content (AvgIpc) is 2.33. The molecule has 5 nitrogen and oxygen atoms in total. The summed E-state index contributed by atoms with van der Waals surface area (Å²) in [5.41, 5.74) is 12.6. The predicted molar refractivity (Wildman–Crippen MR) is 60.4 cm³/mol. The molecule has 0 spiro atoms. The molecule has 0 aliphatic carbocycles. The van der Waals surface area contributed by atoms with E-state index in [2.05, 4.69) is 11.5 Å². The van der Waals surface area contributed by atoms with Crippen molar-refractivity contribution in [1.29, 1.82) is 5.26 Å². The Bertz CT molecular complexity index is 501. The average molecular weight is 216 g/mol. The second-order valence-corrected chi connectivity index (χ2v) is 3.46. The number of anilines is 1. The number of nitrogens with two attached hydrogens (primary N) is 1. The summed E-state index contributed by atoms with van der Waals surface area (Å²) in [6.07, 6.45) is 0. The SMILES string of the molecule is CON1Nc2ccc(C#N)cc2C(N)=C1C. The van der Waals surface area contributed by atoms with E-state index in [1.54, 1.807) is 25.3 Å². The molecule has 0 unspecified atom stereocenters. The van der Waals surface area contributed by atoms with Crippen LogP contribution in [0.1, 0.15) is 18.1 Å². The first-order valence-electron chi connectivity index (χ1n) is 4.79. The molecule has 5 heteroatoms. The van der Waals surface area contributed by atoms with E-state index in [1.807, 2.05) is 6.92 Å². The van der Waals surface area contributed by atoms with Crippen molar-refractivity contribution in [3.05, 3.63) is 35.0 Å². The molecule has 1 aliphatic heterocycles. The van der Waals surface area contributed by atoms with E-state index in [1.165, 1.54) is 5.17 Å². The largest absolute Gasteiger partial charge is 0.397 e. The van der Waals surface area contributed by atoms with Gasteiger partial charge in [-0.05, 0) is 25.1 Å². The molecule has 2 rings (SSSR count). The maximum Gasteiger partial charge on any atom is 0.0991 e. The Kier molecular flexibility index (Phi) is 2.43. The standard InChI is InChI=1S/C11H12N4O/c1-7-11(13)9-5-8(6-12)3-4-10(9)14-15(7)16-2/h3-5,14H,13H2,1-2H3. The molecular formula is C11H12N4O. The second kappa shape index (κ2) is 3.76. The zero-order chi connectivity index (χ0) is 11.7. The predicted octanol–water partition coefficient (Wildman–Crippen LogP) is 1.41. The number of nitrogens with zero attached hydrogens (tertiary/aromatic N) is 2. The molecule has 82 valence electrons. The highest BCUT2D eigenvalue weighted by atomic mass is 16.7. The van der Waals surface area contributed by atoms with Gasteiger partial charge in [-0.15, -0.1) is 0 Å². The fourth-order valence-corrected chi connectivity index (χ4v) is 1.61. The third kappa shape index (κ3) is 1.45. The molecule has 0 saturated carbocycles. The molecule has 0 amide bonds. The summed E-state index contributed by atoms with van der Waals surface area (Å²) >= 11 is 0. The number of hydrazine groups is 1. The van der Waals surface area contributed by atoms with Gasteiger partial charge < -0.3 is 5.73 Å². The second-order valence-electron chi connectivity index (χ2n) is 3.46. The quantitative estimate of drug-likeness (QED) is 0.742. The summed E-state index contributed by atoms with van der Waals surface area (Å²) in [6, 6.07) is 7.38. The molecule has 1 aromatic rings. The van der Waals surface area contributed by atoms with E-state index < -0.39 is 0 Å². The zero-order valence-corrected chi connectivity index (χ0v) is 9.11. The Morgan fingerprint density at radius 2 is 2.25 bits per heavy atom. The summed E-state index contributed by atoms with van der Waals surface area (Å²) in [5, 5.41) is 10.3. The van der Waals surface area contributed by atoms with Gasteiger partial charge in [-0.2, -0.15) is 10.4 Å². The molecule has 1 heterocycles. The molecule has 0 bridgehead atoms. The summed E-state index contributed by atoms with van der Waals surface area (Å²) in [7, 11) is 1.55. The van der Waals surface area contributed by atoms with Crippen molar-refractivity contribution >= 4 is 11.4 Å². The van der Waals surface area contributed by atoms with Crippen LogP contribution in [0.3, 0.4) is 0 Å². The highest BCUT2D eigenvalue weighted by Crippen LogP contribution is 2.30. The Morgan fingerprint density at radius 3 is 2.88 bits per heavy atom. The van der Waals surface area contributed by atoms with Gasteiger partial charge in [0.15, 0.2) is 0 Å². The van der Waals surface area contributed by atoms with Crippen LogP contribution in [-0.2, 0) is 4.84 Å². The van der Waals surface area contributed by atoms with Gasteiger partial charge in [0.25, 0.3) is 0 Å². The van der Waals surface area contributed by atoms with E-state index in [0.717, 1.165) is 16.9 Å². The van der Waals surface area contributed by atoms with Crippen molar-refractivity contribution in [2.75, 3.05) is 12.5 Å². The third-order valence-corrected chi connectivity index (χ3v) is 2.54. The van der Waals surface area contributed by atoms with Crippen molar-refractivity contribution in [3.63, 3.8) is 0 Å². The van der Waals surface area contributed by atoms with Crippen molar-refractivity contribution < 1.29 is 4.84 Å². The Hall–Kier alpha value is -2.19. The molecule has 0 radical (unpaired) electrons. The van der Waals surface area contributed by atoms with Crippen LogP contribution in [0.15, 0.2) is 23.9 Å². The van der Waals surface area contributed by atoms with Crippen LogP contribution in [0.25, 0.3) is 5.70 Å². The molecule has 0 atom stereocenters. The Labute approximate surface area is 93.6 Å². The minimum Gasteiger partial charge on any atom is -0.397 e. The number of hydrogen-bond donors (Lipinski definition) is 2. The third-order valence-electron chi connectivity index (χ3n) is 2.54. The number of benzene rings is 1. The maximum atomic E-state index is 8.83. The summed E-state index contributed by atoms with van der Waals surface area (Å²) < 4.78 is 0. The van der Waals surface area contributed by atoms with E-state index in [-0.39, 0.29) is 0 Å². The first kappa shape index (κ1) is 10.3. The zero-order valence-electron chi connectivity index (χ0n) is 9.11. The van der Waals surface area contributed by atoms with Crippen molar-refractivity contribution in [3.8, 4) is 6.07 Å². The number of hydroxylamine groups is 1. The molecule has 16 heavy (non-hydrogen) atoms. The number of hydrogen-bond acceptors (Lipinski definition) is 5. The fourth-order valence-electron chi connectivity index (χ4n) is 1.61. The van der Waals surface area contributed by atoms with Crippen LogP contribution >= 0.6 is 0 Å². The first-order chi connectivity index (χ1) is 7.67. The normalized spacial score (nSPS) is 14.2. The van der Waals surface area contributed by atoms with Gasteiger partial charge in [-0.25, -0.2) is 0 Å². The number of allylic oxidation sites excluding steroid dienone is 1. The molecule has 1 aliphatic rings. The molecule has 3 N–H and O–H groups in total. The van der Waals surface area contributed by atoms with E-state index in [4.69, 9.17) is 15.8 Å². The number of rotatable bonds is 1. The topological polar surface area (TPSA) is 74.3 Å². The van der Waals surface area contributed by atoms with Gasteiger partial charge in [0.2, 0.25) is 0 Å². The van der Waals surface area contributed by atoms with Gasteiger partial charge in [0.05, 0.1) is 35.8 Å². The minimum atomic E-state index is 0.585. The fraction of sp³-hybridized carbons (Fsp3) is 0.182. The molecule has 0 aromatic heterocycles. The molecule has 0 saturated heterocycles. The van der Waals surface area contributed by atoms with Gasteiger partial charge in [-0.1, -0.05) is 0 Å². The number of nitrogens with one attached hydrogen (secondary N) is 1. The van der Waals surface area contributed by atoms with Crippen LogP contribution in [0.2, 0.25) is 0 Å². The lowest BCUT2D eigenvalue weighted by atomic mass is 10.0. The Balaban J connectivity index is 2.55. The van der Waals surface area contributed by atoms with E-state index >= 15 is 0 Å². The highest BCUT2D eigenvalue weighted by molar-refractivity contribution is 5.79. The molecular weight excluding hydrogens is 204 g/mol. The van der Waals surface area contributed by atoms with Crippen LogP contribution in [-0.4, -0.2) is 12.3 Å². The summed E-state index contributed by atoms with van der Waals surface area (Å²) in [6.45, 7) is 1.84. The molecule has 1 aromatic carbocycles.